The highest BCUT2D eigenvalue weighted by atomic mass is 15.3. The number of nitrogens with one attached hydrogen (secondary N) is 1. The first kappa shape index (κ1) is 13.3. The maximum absolute atomic E-state index is 4.92. The van der Waals surface area contributed by atoms with E-state index in [9.17, 15) is 0 Å². The van der Waals surface area contributed by atoms with E-state index in [2.05, 4.69) is 36.3 Å². The van der Waals surface area contributed by atoms with E-state index in [4.69, 9.17) is 5.10 Å². The molecule has 0 aromatic carbocycles. The molecule has 0 spiro atoms. The topological polar surface area (TPSA) is 42.2 Å². The number of aryl methyl sites for hydroxylation is 1. The van der Waals surface area contributed by atoms with Gasteiger partial charge in [-0.05, 0) is 51.7 Å². The van der Waals surface area contributed by atoms with Gasteiger partial charge in [0, 0.05) is 5.54 Å². The fourth-order valence-electron chi connectivity index (χ4n) is 4.25. The Bertz CT molecular complexity index is 672. The van der Waals surface area contributed by atoms with Crippen LogP contribution in [0.25, 0.3) is 5.65 Å². The van der Waals surface area contributed by atoms with Gasteiger partial charge in [0.1, 0.15) is 0 Å². The Labute approximate surface area is 126 Å². The highest BCUT2D eigenvalue weighted by molar-refractivity contribution is 5.40. The zero-order valence-corrected chi connectivity index (χ0v) is 13.0. The van der Waals surface area contributed by atoms with Crippen LogP contribution in [0.15, 0.2) is 18.3 Å². The minimum absolute atomic E-state index is 0.0695. The Kier molecular flexibility index (Phi) is 2.86. The van der Waals surface area contributed by atoms with Crippen LogP contribution in [0.1, 0.15) is 63.3 Å². The molecule has 2 bridgehead atoms. The monoisotopic (exact) mass is 284 g/mol. The molecule has 2 aliphatic heterocycles. The number of fused-ring (bicyclic) bond motifs is 3. The van der Waals surface area contributed by atoms with Crippen LogP contribution < -0.4 is 5.32 Å². The summed E-state index contributed by atoms with van der Waals surface area (Å²) in [5, 5.41) is 8.90. The molecule has 2 aromatic rings. The quantitative estimate of drug-likeness (QED) is 0.873. The van der Waals surface area contributed by atoms with Crippen molar-refractivity contribution < 1.29 is 0 Å². The minimum Gasteiger partial charge on any atom is -0.301 e. The Morgan fingerprint density at radius 1 is 1.10 bits per heavy atom. The van der Waals surface area contributed by atoms with Gasteiger partial charge in [0.05, 0.1) is 23.1 Å². The average Bonchev–Trinajstić information content (AvgIpc) is 3.01. The lowest BCUT2D eigenvalue weighted by atomic mass is 9.86. The third-order valence-electron chi connectivity index (χ3n) is 5.50. The Morgan fingerprint density at radius 2 is 1.95 bits per heavy atom. The van der Waals surface area contributed by atoms with E-state index in [0.717, 1.165) is 11.3 Å². The van der Waals surface area contributed by atoms with Crippen LogP contribution >= 0.6 is 0 Å². The number of nitrogens with zero attached hydrogens (tertiary/aromatic N) is 3. The molecular formula is C17H24N4. The second-order valence-electron chi connectivity index (χ2n) is 7.22. The maximum atomic E-state index is 4.92. The molecule has 4 rings (SSSR count). The first-order valence-electron chi connectivity index (χ1n) is 8.22. The average molecular weight is 284 g/mol. The molecule has 0 aliphatic carbocycles. The molecule has 4 heterocycles. The smallest absolute Gasteiger partial charge is 0.153 e. The van der Waals surface area contributed by atoms with E-state index < -0.39 is 0 Å². The molecule has 2 aromatic heterocycles. The highest BCUT2D eigenvalue weighted by Gasteiger charge is 2.47. The summed E-state index contributed by atoms with van der Waals surface area (Å²) in [6.45, 7) is 4.46. The summed E-state index contributed by atoms with van der Waals surface area (Å²) in [5.41, 5.74) is 3.61. The third-order valence-corrected chi connectivity index (χ3v) is 5.50. The van der Waals surface area contributed by atoms with Gasteiger partial charge in [-0.2, -0.15) is 5.10 Å². The van der Waals surface area contributed by atoms with Crippen molar-refractivity contribution in [1.29, 1.82) is 0 Å². The molecule has 0 saturated carbocycles. The maximum Gasteiger partial charge on any atom is 0.153 e. The lowest BCUT2D eigenvalue weighted by Crippen LogP contribution is -2.48. The van der Waals surface area contributed by atoms with Crippen molar-refractivity contribution in [2.24, 2.45) is 0 Å². The van der Waals surface area contributed by atoms with E-state index in [-0.39, 0.29) is 5.54 Å². The number of rotatable bonds is 1. The predicted octanol–water partition coefficient (Wildman–Crippen LogP) is 3.34. The van der Waals surface area contributed by atoms with Crippen LogP contribution in [0.5, 0.6) is 0 Å². The first-order chi connectivity index (χ1) is 10.1. The van der Waals surface area contributed by atoms with E-state index in [0.29, 0.717) is 5.54 Å². The molecule has 2 aliphatic rings. The van der Waals surface area contributed by atoms with Gasteiger partial charge < -0.3 is 5.32 Å². The SMILES string of the molecule is Cc1cnc2ccc(C34CCCCCC(C)(CC3)N4)nn12. The van der Waals surface area contributed by atoms with Crippen LogP contribution in [0.4, 0.5) is 0 Å². The van der Waals surface area contributed by atoms with Crippen molar-refractivity contribution in [1.82, 2.24) is 19.9 Å². The summed E-state index contributed by atoms with van der Waals surface area (Å²) in [5.74, 6) is 0. The summed E-state index contributed by atoms with van der Waals surface area (Å²) in [4.78, 5) is 4.39. The lowest BCUT2D eigenvalue weighted by molar-refractivity contribution is 0.243. The number of hydrogen-bond donors (Lipinski definition) is 1. The second-order valence-corrected chi connectivity index (χ2v) is 7.22. The summed E-state index contributed by atoms with van der Waals surface area (Å²) in [7, 11) is 0. The van der Waals surface area contributed by atoms with Crippen LogP contribution in [0.2, 0.25) is 0 Å². The second kappa shape index (κ2) is 4.54. The number of imidazole rings is 1. The molecule has 4 nitrogen and oxygen atoms in total. The summed E-state index contributed by atoms with van der Waals surface area (Å²) < 4.78 is 1.99. The van der Waals surface area contributed by atoms with Gasteiger partial charge in [-0.3, -0.25) is 0 Å². The van der Waals surface area contributed by atoms with Crippen molar-refractivity contribution in [3.8, 4) is 0 Å². The van der Waals surface area contributed by atoms with Crippen LogP contribution in [-0.4, -0.2) is 20.1 Å². The number of hydrogen-bond acceptors (Lipinski definition) is 3. The van der Waals surface area contributed by atoms with Crippen molar-refractivity contribution >= 4 is 5.65 Å². The molecule has 0 amide bonds. The predicted molar refractivity (Wildman–Crippen MR) is 83.3 cm³/mol. The molecule has 21 heavy (non-hydrogen) atoms. The highest BCUT2D eigenvalue weighted by Crippen LogP contribution is 2.44. The van der Waals surface area contributed by atoms with E-state index in [1.165, 1.54) is 50.6 Å². The van der Waals surface area contributed by atoms with Crippen molar-refractivity contribution in [2.45, 2.75) is 69.9 Å². The number of aromatic nitrogens is 3. The minimum atomic E-state index is 0.0695. The van der Waals surface area contributed by atoms with Gasteiger partial charge in [-0.15, -0.1) is 0 Å². The molecule has 2 atom stereocenters. The zero-order chi connectivity index (χ0) is 14.5. The summed E-state index contributed by atoms with van der Waals surface area (Å²) in [6, 6.07) is 4.29. The van der Waals surface area contributed by atoms with Crippen LogP contribution in [0.3, 0.4) is 0 Å². The van der Waals surface area contributed by atoms with Crippen LogP contribution in [-0.2, 0) is 5.54 Å². The van der Waals surface area contributed by atoms with Gasteiger partial charge in [-0.25, -0.2) is 9.50 Å². The molecule has 4 heteroatoms. The standard InChI is InChI=1S/C17H24N4/c1-13-12-18-15-7-6-14(19-21(13)15)17-9-5-3-4-8-16(2,20-17)10-11-17/h6-7,12,20H,3-5,8-11H2,1-2H3. The van der Waals surface area contributed by atoms with Crippen LogP contribution in [0, 0.1) is 6.92 Å². The lowest BCUT2D eigenvalue weighted by Gasteiger charge is -2.36. The van der Waals surface area contributed by atoms with Gasteiger partial charge >= 0.3 is 0 Å². The van der Waals surface area contributed by atoms with Gasteiger partial charge in [0.25, 0.3) is 0 Å². The van der Waals surface area contributed by atoms with E-state index >= 15 is 0 Å². The molecule has 2 saturated heterocycles. The molecular weight excluding hydrogens is 260 g/mol. The normalized spacial score (nSPS) is 33.0. The Balaban J connectivity index is 1.79. The third kappa shape index (κ3) is 2.08. The van der Waals surface area contributed by atoms with Gasteiger partial charge in [-0.1, -0.05) is 19.3 Å². The first-order valence-corrected chi connectivity index (χ1v) is 8.22. The zero-order valence-electron chi connectivity index (χ0n) is 13.0. The Hall–Kier alpha value is -1.42. The summed E-state index contributed by atoms with van der Waals surface area (Å²) in [6.07, 6.45) is 10.9. The van der Waals surface area contributed by atoms with E-state index in [1.54, 1.807) is 0 Å². The largest absolute Gasteiger partial charge is 0.301 e. The molecule has 0 radical (unpaired) electrons. The Morgan fingerprint density at radius 3 is 2.86 bits per heavy atom. The van der Waals surface area contributed by atoms with Crippen molar-refractivity contribution in [3.63, 3.8) is 0 Å². The van der Waals surface area contributed by atoms with Gasteiger partial charge in [0.2, 0.25) is 0 Å². The van der Waals surface area contributed by atoms with E-state index in [1.807, 2.05) is 10.7 Å². The van der Waals surface area contributed by atoms with Gasteiger partial charge in [0.15, 0.2) is 5.65 Å². The fraction of sp³-hybridized carbons (Fsp3) is 0.647. The summed E-state index contributed by atoms with van der Waals surface area (Å²) >= 11 is 0. The molecule has 2 unspecified atom stereocenters. The van der Waals surface area contributed by atoms with Crippen molar-refractivity contribution in [3.05, 3.63) is 29.7 Å². The molecule has 112 valence electrons. The van der Waals surface area contributed by atoms with Crippen molar-refractivity contribution in [2.75, 3.05) is 0 Å². The molecule has 1 N–H and O–H groups in total. The molecule has 2 fully saturated rings. The fourth-order valence-corrected chi connectivity index (χ4v) is 4.25.